The minimum Gasteiger partial charge on any atom is -0.255 e. The van der Waals surface area contributed by atoms with Gasteiger partial charge in [-0.15, -0.1) is 0 Å². The number of hydrogen-bond acceptors (Lipinski definition) is 3. The second kappa shape index (κ2) is 10.8. The third kappa shape index (κ3) is 4.83. The summed E-state index contributed by atoms with van der Waals surface area (Å²) in [6, 6.07) is 49.4. The molecule has 0 bridgehead atoms. The number of hydrogen-bond donors (Lipinski definition) is 0. The second-order valence-electron chi connectivity index (χ2n) is 12.1. The predicted molar refractivity (Wildman–Crippen MR) is 185 cm³/mol. The summed E-state index contributed by atoms with van der Waals surface area (Å²) >= 11 is 0. The van der Waals surface area contributed by atoms with Crippen molar-refractivity contribution in [2.75, 3.05) is 0 Å². The normalized spacial score (nSPS) is 12.8. The van der Waals surface area contributed by atoms with Crippen LogP contribution in [0.5, 0.6) is 0 Å². The van der Waals surface area contributed by atoms with E-state index in [1.807, 2.05) is 36.4 Å². The number of rotatable bonds is 5. The van der Waals surface area contributed by atoms with Gasteiger partial charge in [0.25, 0.3) is 0 Å². The van der Waals surface area contributed by atoms with Crippen molar-refractivity contribution in [3.63, 3.8) is 0 Å². The molecule has 0 fully saturated rings. The summed E-state index contributed by atoms with van der Waals surface area (Å²) < 4.78 is 0. The Morgan fingerprint density at radius 2 is 0.911 bits per heavy atom. The lowest BCUT2D eigenvalue weighted by atomic mass is 9.81. The first kappa shape index (κ1) is 26.9. The Hall–Kier alpha value is -5.67. The molecule has 4 aromatic carbocycles. The molecule has 3 aromatic heterocycles. The molecular weight excluding hydrogens is 546 g/mol. The molecule has 0 aliphatic heterocycles. The van der Waals surface area contributed by atoms with Gasteiger partial charge in [0.05, 0.1) is 22.8 Å². The van der Waals surface area contributed by atoms with Crippen LogP contribution >= 0.6 is 0 Å². The molecule has 0 saturated carbocycles. The lowest BCUT2D eigenvalue weighted by Gasteiger charge is -2.22. The quantitative estimate of drug-likeness (QED) is 0.204. The van der Waals surface area contributed by atoms with Gasteiger partial charge in [0.15, 0.2) is 0 Å². The highest BCUT2D eigenvalue weighted by Gasteiger charge is 2.35. The summed E-state index contributed by atoms with van der Waals surface area (Å²) in [6.45, 7) is 4.66. The first-order valence-corrected chi connectivity index (χ1v) is 15.4. The molecule has 0 radical (unpaired) electrons. The average molecular weight is 578 g/mol. The van der Waals surface area contributed by atoms with Crippen LogP contribution in [0.2, 0.25) is 0 Å². The van der Waals surface area contributed by atoms with Crippen LogP contribution in [0.1, 0.15) is 25.0 Å². The highest BCUT2D eigenvalue weighted by molar-refractivity contribution is 5.84. The molecule has 0 N–H and O–H groups in total. The highest BCUT2D eigenvalue weighted by atomic mass is 14.8. The maximum absolute atomic E-state index is 4.94. The monoisotopic (exact) mass is 577 g/mol. The summed E-state index contributed by atoms with van der Waals surface area (Å²) in [4.78, 5) is 14.1. The predicted octanol–water partition coefficient (Wildman–Crippen LogP) is 10.5. The minimum atomic E-state index is -0.0118. The Morgan fingerprint density at radius 1 is 0.378 bits per heavy atom. The Bertz CT molecular complexity index is 2110. The molecule has 45 heavy (non-hydrogen) atoms. The van der Waals surface area contributed by atoms with Gasteiger partial charge in [0.1, 0.15) is 0 Å². The van der Waals surface area contributed by atoms with Crippen LogP contribution < -0.4 is 0 Å². The Balaban J connectivity index is 1.13. The fourth-order valence-electron chi connectivity index (χ4n) is 6.61. The molecule has 214 valence electrons. The van der Waals surface area contributed by atoms with Gasteiger partial charge in [-0.25, -0.2) is 4.98 Å². The zero-order valence-corrected chi connectivity index (χ0v) is 25.3. The van der Waals surface area contributed by atoms with Crippen molar-refractivity contribution in [1.82, 2.24) is 15.0 Å². The lowest BCUT2D eigenvalue weighted by molar-refractivity contribution is 0.660. The zero-order chi connectivity index (χ0) is 30.4. The van der Waals surface area contributed by atoms with Crippen molar-refractivity contribution in [1.29, 1.82) is 0 Å². The molecule has 7 aromatic rings. The van der Waals surface area contributed by atoms with E-state index in [-0.39, 0.29) is 5.41 Å². The van der Waals surface area contributed by atoms with Crippen LogP contribution in [0.4, 0.5) is 0 Å². The van der Waals surface area contributed by atoms with Crippen LogP contribution in [-0.2, 0) is 5.41 Å². The molecular formula is C42H31N3. The van der Waals surface area contributed by atoms with Gasteiger partial charge in [-0.1, -0.05) is 105 Å². The minimum absolute atomic E-state index is 0.0118. The van der Waals surface area contributed by atoms with Crippen molar-refractivity contribution in [2.45, 2.75) is 19.3 Å². The summed E-state index contributed by atoms with van der Waals surface area (Å²) in [7, 11) is 0. The molecule has 0 unspecified atom stereocenters. The molecule has 0 saturated heterocycles. The van der Waals surface area contributed by atoms with E-state index in [0.717, 1.165) is 33.9 Å². The first-order chi connectivity index (χ1) is 22.0. The van der Waals surface area contributed by atoms with Gasteiger partial charge in [0, 0.05) is 17.8 Å². The fourth-order valence-corrected chi connectivity index (χ4v) is 6.61. The van der Waals surface area contributed by atoms with Gasteiger partial charge in [-0.3, -0.25) is 9.97 Å². The smallest absolute Gasteiger partial charge is 0.0900 e. The van der Waals surface area contributed by atoms with E-state index in [2.05, 4.69) is 127 Å². The largest absolute Gasteiger partial charge is 0.255 e. The molecule has 0 spiro atoms. The molecule has 1 aliphatic carbocycles. The van der Waals surface area contributed by atoms with Gasteiger partial charge >= 0.3 is 0 Å². The number of fused-ring (bicyclic) bond motifs is 3. The summed E-state index contributed by atoms with van der Waals surface area (Å²) in [5.74, 6) is 0. The van der Waals surface area contributed by atoms with Crippen LogP contribution in [0.25, 0.3) is 67.3 Å². The molecule has 3 nitrogen and oxygen atoms in total. The van der Waals surface area contributed by atoms with Gasteiger partial charge < -0.3 is 0 Å². The molecule has 0 atom stereocenters. The Morgan fingerprint density at radius 3 is 1.53 bits per heavy atom. The molecule has 3 heterocycles. The number of benzene rings is 4. The number of nitrogens with zero attached hydrogens (tertiary/aromatic N) is 3. The Kier molecular flexibility index (Phi) is 6.46. The van der Waals surface area contributed by atoms with Crippen LogP contribution in [0.15, 0.2) is 152 Å². The van der Waals surface area contributed by atoms with Crippen molar-refractivity contribution in [3.05, 3.63) is 163 Å². The van der Waals surface area contributed by atoms with Crippen molar-refractivity contribution < 1.29 is 0 Å². The lowest BCUT2D eigenvalue weighted by Crippen LogP contribution is -2.14. The first-order valence-electron chi connectivity index (χ1n) is 15.4. The van der Waals surface area contributed by atoms with Crippen molar-refractivity contribution in [3.8, 4) is 67.3 Å². The third-order valence-corrected chi connectivity index (χ3v) is 9.01. The summed E-state index contributed by atoms with van der Waals surface area (Å²) in [5, 5.41) is 0. The number of aromatic nitrogens is 3. The van der Waals surface area contributed by atoms with E-state index in [1.165, 1.54) is 44.5 Å². The van der Waals surface area contributed by atoms with Gasteiger partial charge in [0.2, 0.25) is 0 Å². The van der Waals surface area contributed by atoms with E-state index in [1.54, 1.807) is 12.4 Å². The second-order valence-corrected chi connectivity index (χ2v) is 12.1. The Labute approximate surface area is 264 Å². The molecule has 8 rings (SSSR count). The van der Waals surface area contributed by atoms with E-state index < -0.39 is 0 Å². The van der Waals surface area contributed by atoms with Gasteiger partial charge in [-0.05, 0) is 104 Å². The third-order valence-electron chi connectivity index (χ3n) is 9.01. The van der Waals surface area contributed by atoms with Crippen LogP contribution in [0.3, 0.4) is 0 Å². The SMILES string of the molecule is CC1(C)c2ccccc2-c2ccc(-c3ccc(-c4cccc(-c5cc(-c6ccccn6)nc(-c6ccccn6)c5)c4)cc3)cc21. The number of pyridine rings is 3. The maximum Gasteiger partial charge on any atom is 0.0900 e. The van der Waals surface area contributed by atoms with E-state index in [9.17, 15) is 0 Å². The maximum atomic E-state index is 4.94. The summed E-state index contributed by atoms with van der Waals surface area (Å²) in [5.41, 5.74) is 15.8. The van der Waals surface area contributed by atoms with Crippen LogP contribution in [-0.4, -0.2) is 15.0 Å². The van der Waals surface area contributed by atoms with E-state index in [0.29, 0.717) is 0 Å². The molecule has 3 heteroatoms. The van der Waals surface area contributed by atoms with Crippen molar-refractivity contribution in [2.24, 2.45) is 0 Å². The standard InChI is InChI=1S/C42H31N3/c1-42(2)36-13-4-3-12-34(36)35-21-20-32(25-37(35)42)29-18-16-28(17-19-29)30-10-9-11-31(24-30)33-26-40(38-14-5-7-22-43-38)45-41(27-33)39-15-6-8-23-44-39/h3-27H,1-2H3. The average Bonchev–Trinajstić information content (AvgIpc) is 3.34. The molecule has 0 amide bonds. The van der Waals surface area contributed by atoms with Crippen molar-refractivity contribution >= 4 is 0 Å². The van der Waals surface area contributed by atoms with Gasteiger partial charge in [-0.2, -0.15) is 0 Å². The fraction of sp³-hybridized carbons (Fsp3) is 0.0714. The van der Waals surface area contributed by atoms with Crippen LogP contribution in [0, 0.1) is 0 Å². The zero-order valence-electron chi connectivity index (χ0n) is 25.3. The summed E-state index contributed by atoms with van der Waals surface area (Å²) in [6.07, 6.45) is 3.61. The topological polar surface area (TPSA) is 38.7 Å². The molecule has 1 aliphatic rings. The highest BCUT2D eigenvalue weighted by Crippen LogP contribution is 2.49. The van der Waals surface area contributed by atoms with E-state index in [4.69, 9.17) is 4.98 Å². The van der Waals surface area contributed by atoms with E-state index >= 15 is 0 Å².